The van der Waals surface area contributed by atoms with Gasteiger partial charge in [0.15, 0.2) is 17.1 Å². The van der Waals surface area contributed by atoms with E-state index in [9.17, 15) is 8.78 Å². The summed E-state index contributed by atoms with van der Waals surface area (Å²) in [5, 5.41) is 0. The van der Waals surface area contributed by atoms with Crippen molar-refractivity contribution in [1.82, 2.24) is 19.5 Å². The average Bonchev–Trinajstić information content (AvgIpc) is 3.30. The monoisotopic (exact) mass is 380 g/mol. The molecule has 4 heterocycles. The molecule has 4 aromatic rings. The first-order valence-electron chi connectivity index (χ1n) is 8.61. The molecule has 0 bridgehead atoms. The van der Waals surface area contributed by atoms with Crippen molar-refractivity contribution in [3.63, 3.8) is 0 Å². The van der Waals surface area contributed by atoms with Gasteiger partial charge in [0.1, 0.15) is 17.0 Å². The summed E-state index contributed by atoms with van der Waals surface area (Å²) in [6.07, 6.45) is -1.27. The molecule has 0 saturated heterocycles. The lowest BCUT2D eigenvalue weighted by molar-refractivity contribution is 0.146. The van der Waals surface area contributed by atoms with Crippen molar-refractivity contribution < 1.29 is 18.3 Å². The van der Waals surface area contributed by atoms with Crippen molar-refractivity contribution in [2.75, 3.05) is 6.79 Å². The molecule has 5 rings (SSSR count). The molecule has 1 aromatic carbocycles. The summed E-state index contributed by atoms with van der Waals surface area (Å²) >= 11 is 0. The first-order chi connectivity index (χ1) is 13.6. The van der Waals surface area contributed by atoms with Gasteiger partial charge in [0.25, 0.3) is 6.43 Å². The number of hydrogen-bond acceptors (Lipinski definition) is 5. The molecular weight excluding hydrogens is 366 g/mol. The van der Waals surface area contributed by atoms with Crippen molar-refractivity contribution in [2.24, 2.45) is 0 Å². The summed E-state index contributed by atoms with van der Waals surface area (Å²) < 4.78 is 38.7. The molecule has 28 heavy (non-hydrogen) atoms. The molecule has 0 radical (unpaired) electrons. The van der Waals surface area contributed by atoms with Crippen LogP contribution in [-0.2, 0) is 0 Å². The van der Waals surface area contributed by atoms with Gasteiger partial charge >= 0.3 is 0 Å². The van der Waals surface area contributed by atoms with Crippen LogP contribution in [0.15, 0.2) is 48.7 Å². The van der Waals surface area contributed by atoms with E-state index in [1.165, 1.54) is 12.3 Å². The smallest absolute Gasteiger partial charge is 0.280 e. The highest BCUT2D eigenvalue weighted by molar-refractivity contribution is 5.78. The Balaban J connectivity index is 1.66. The molecule has 140 valence electrons. The normalized spacial score (nSPS) is 12.9. The van der Waals surface area contributed by atoms with E-state index in [4.69, 9.17) is 14.5 Å². The van der Waals surface area contributed by atoms with Crippen LogP contribution in [0.3, 0.4) is 0 Å². The fourth-order valence-electron chi connectivity index (χ4n) is 3.29. The lowest BCUT2D eigenvalue weighted by Crippen LogP contribution is -1.99. The third-order valence-electron chi connectivity index (χ3n) is 4.59. The lowest BCUT2D eigenvalue weighted by atomic mass is 10.1. The molecule has 1 aliphatic heterocycles. The summed E-state index contributed by atoms with van der Waals surface area (Å²) in [5.74, 6) is 2.10. The molecule has 0 amide bonds. The van der Waals surface area contributed by atoms with Gasteiger partial charge in [-0.2, -0.15) is 0 Å². The molecule has 0 fully saturated rings. The van der Waals surface area contributed by atoms with Crippen LogP contribution in [0.5, 0.6) is 11.5 Å². The number of benzene rings is 1. The second kappa shape index (κ2) is 6.26. The maximum atomic E-state index is 13.0. The summed E-state index contributed by atoms with van der Waals surface area (Å²) in [6.45, 7) is 2.08. The number of aromatic nitrogens is 4. The number of pyridine rings is 2. The standard InChI is InChI=1S/C20H14F2N4O2/c1-11-24-15-4-3-14(12-6-7-23-16(8-12)19(21)22)25-20(15)26(11)13-2-5-17-18(9-13)28-10-27-17/h2-9,19H,10H2,1H3. The summed E-state index contributed by atoms with van der Waals surface area (Å²) in [7, 11) is 0. The highest BCUT2D eigenvalue weighted by atomic mass is 19.3. The Labute approximate surface area is 158 Å². The van der Waals surface area contributed by atoms with Gasteiger partial charge in [0, 0.05) is 17.8 Å². The van der Waals surface area contributed by atoms with Crippen molar-refractivity contribution in [1.29, 1.82) is 0 Å². The van der Waals surface area contributed by atoms with Gasteiger partial charge in [-0.15, -0.1) is 0 Å². The molecule has 0 atom stereocenters. The third-order valence-corrected chi connectivity index (χ3v) is 4.59. The van der Waals surface area contributed by atoms with E-state index in [0.29, 0.717) is 33.9 Å². The topological polar surface area (TPSA) is 62.1 Å². The van der Waals surface area contributed by atoms with Crippen LogP contribution in [0.4, 0.5) is 8.78 Å². The van der Waals surface area contributed by atoms with Gasteiger partial charge in [0.05, 0.1) is 11.4 Å². The number of ether oxygens (including phenoxy) is 2. The van der Waals surface area contributed by atoms with E-state index < -0.39 is 6.43 Å². The zero-order valence-corrected chi connectivity index (χ0v) is 14.8. The molecule has 0 unspecified atom stereocenters. The molecule has 0 N–H and O–H groups in total. The van der Waals surface area contributed by atoms with Crippen LogP contribution in [0, 0.1) is 6.92 Å². The molecule has 0 spiro atoms. The van der Waals surface area contributed by atoms with Crippen molar-refractivity contribution in [3.05, 3.63) is 60.2 Å². The van der Waals surface area contributed by atoms with Gasteiger partial charge in [-0.05, 0) is 43.3 Å². The molecule has 6 nitrogen and oxygen atoms in total. The van der Waals surface area contributed by atoms with Crippen molar-refractivity contribution in [2.45, 2.75) is 13.3 Å². The predicted molar refractivity (Wildman–Crippen MR) is 97.9 cm³/mol. The van der Waals surface area contributed by atoms with Crippen LogP contribution < -0.4 is 9.47 Å². The Morgan fingerprint density at radius 1 is 1.00 bits per heavy atom. The minimum absolute atomic E-state index is 0.194. The Bertz CT molecular complexity index is 1210. The summed E-state index contributed by atoms with van der Waals surface area (Å²) in [6, 6.07) is 12.2. The minimum atomic E-state index is -2.63. The van der Waals surface area contributed by atoms with Gasteiger partial charge in [0.2, 0.25) is 6.79 Å². The highest BCUT2D eigenvalue weighted by Crippen LogP contribution is 2.35. The molecule has 3 aromatic heterocycles. The fourth-order valence-corrected chi connectivity index (χ4v) is 3.29. The maximum Gasteiger partial charge on any atom is 0.280 e. The van der Waals surface area contributed by atoms with Gasteiger partial charge in [-0.3, -0.25) is 9.55 Å². The Morgan fingerprint density at radius 2 is 1.86 bits per heavy atom. The largest absolute Gasteiger partial charge is 0.454 e. The zero-order valence-electron chi connectivity index (χ0n) is 14.8. The van der Waals surface area contributed by atoms with E-state index in [2.05, 4.69) is 9.97 Å². The number of rotatable bonds is 3. The third kappa shape index (κ3) is 2.65. The predicted octanol–water partition coefficient (Wildman–Crippen LogP) is 4.46. The Kier molecular flexibility index (Phi) is 3.71. The second-order valence-electron chi connectivity index (χ2n) is 6.34. The number of nitrogens with zero attached hydrogens (tertiary/aromatic N) is 4. The highest BCUT2D eigenvalue weighted by Gasteiger charge is 2.18. The number of alkyl halides is 2. The summed E-state index contributed by atoms with van der Waals surface area (Å²) in [4.78, 5) is 13.0. The van der Waals surface area contributed by atoms with Gasteiger partial charge in [-0.25, -0.2) is 18.7 Å². The fraction of sp³-hybridized carbons (Fsp3) is 0.150. The first-order valence-corrected chi connectivity index (χ1v) is 8.61. The van der Waals surface area contributed by atoms with Crippen molar-refractivity contribution in [3.8, 4) is 28.4 Å². The quantitative estimate of drug-likeness (QED) is 0.525. The van der Waals surface area contributed by atoms with E-state index in [0.717, 1.165) is 11.5 Å². The number of fused-ring (bicyclic) bond motifs is 2. The summed E-state index contributed by atoms with van der Waals surface area (Å²) in [5.41, 5.74) is 3.03. The van der Waals surface area contributed by atoms with Crippen LogP contribution in [-0.4, -0.2) is 26.3 Å². The van der Waals surface area contributed by atoms with Crippen LogP contribution in [0.2, 0.25) is 0 Å². The van der Waals surface area contributed by atoms with Gasteiger partial charge in [-0.1, -0.05) is 0 Å². The number of aryl methyl sites for hydroxylation is 1. The zero-order chi connectivity index (χ0) is 19.3. The molecule has 1 aliphatic rings. The van der Waals surface area contributed by atoms with Crippen molar-refractivity contribution >= 4 is 11.2 Å². The number of hydrogen-bond donors (Lipinski definition) is 0. The molecular formula is C20H14F2N4O2. The lowest BCUT2D eigenvalue weighted by Gasteiger charge is -2.09. The van der Waals surface area contributed by atoms with E-state index in [1.54, 1.807) is 12.1 Å². The molecule has 0 aliphatic carbocycles. The average molecular weight is 380 g/mol. The Hall–Kier alpha value is -3.55. The molecule has 0 saturated carbocycles. The second-order valence-corrected chi connectivity index (χ2v) is 6.34. The molecule has 8 heteroatoms. The van der Waals surface area contributed by atoms with E-state index in [-0.39, 0.29) is 12.5 Å². The van der Waals surface area contributed by atoms with Crippen LogP contribution in [0.1, 0.15) is 17.9 Å². The minimum Gasteiger partial charge on any atom is -0.454 e. The Morgan fingerprint density at radius 3 is 2.71 bits per heavy atom. The van der Waals surface area contributed by atoms with E-state index >= 15 is 0 Å². The van der Waals surface area contributed by atoms with Gasteiger partial charge < -0.3 is 9.47 Å². The maximum absolute atomic E-state index is 13.0. The number of imidazole rings is 1. The number of halogens is 2. The van der Waals surface area contributed by atoms with Crippen LogP contribution in [0.25, 0.3) is 28.1 Å². The SMILES string of the molecule is Cc1nc2ccc(-c3ccnc(C(F)F)c3)nc2n1-c1ccc2c(c1)OCO2. The van der Waals surface area contributed by atoms with Crippen LogP contribution >= 0.6 is 0 Å². The first kappa shape index (κ1) is 16.6. The van der Waals surface area contributed by atoms with E-state index in [1.807, 2.05) is 35.8 Å².